The van der Waals surface area contributed by atoms with Crippen molar-refractivity contribution in [3.63, 3.8) is 0 Å². The van der Waals surface area contributed by atoms with Crippen LogP contribution in [0.15, 0.2) is 76.1 Å². The predicted octanol–water partition coefficient (Wildman–Crippen LogP) is 4.66. The van der Waals surface area contributed by atoms with Crippen molar-refractivity contribution in [1.29, 1.82) is 0 Å². The highest BCUT2D eigenvalue weighted by Gasteiger charge is 2.13. The maximum Gasteiger partial charge on any atom is 0.262 e. The smallest absolute Gasteiger partial charge is 0.262 e. The monoisotopic (exact) mass is 435 g/mol. The first-order valence-electron chi connectivity index (χ1n) is 9.04. The number of nitrogens with one attached hydrogen (secondary N) is 1. The summed E-state index contributed by atoms with van der Waals surface area (Å²) in [5.74, 6) is 0.275. The summed E-state index contributed by atoms with van der Waals surface area (Å²) in [6, 6.07) is 15.8. The van der Waals surface area contributed by atoms with E-state index in [1.54, 1.807) is 16.8 Å². The van der Waals surface area contributed by atoms with E-state index in [1.165, 1.54) is 41.4 Å². The van der Waals surface area contributed by atoms with E-state index in [2.05, 4.69) is 20.1 Å². The zero-order valence-electron chi connectivity index (χ0n) is 15.4. The van der Waals surface area contributed by atoms with Gasteiger partial charge in [0, 0.05) is 16.7 Å². The van der Waals surface area contributed by atoms with E-state index in [9.17, 15) is 9.18 Å². The molecule has 148 valence electrons. The van der Waals surface area contributed by atoms with Gasteiger partial charge in [0.2, 0.25) is 0 Å². The molecule has 9 heteroatoms. The molecule has 0 fully saturated rings. The van der Waals surface area contributed by atoms with Crippen LogP contribution < -0.4 is 5.56 Å². The lowest BCUT2D eigenvalue weighted by molar-refractivity contribution is 0.628. The van der Waals surface area contributed by atoms with E-state index < -0.39 is 0 Å². The number of para-hydroxylation sites is 1. The lowest BCUT2D eigenvalue weighted by Gasteiger charge is -2.04. The summed E-state index contributed by atoms with van der Waals surface area (Å²) in [4.78, 5) is 24.5. The zero-order chi connectivity index (χ0) is 20.5. The Hall–Kier alpha value is -3.30. The van der Waals surface area contributed by atoms with Crippen LogP contribution in [0.2, 0.25) is 0 Å². The van der Waals surface area contributed by atoms with Gasteiger partial charge in [-0.3, -0.25) is 4.79 Å². The quantitative estimate of drug-likeness (QED) is 0.321. The fraction of sp³-hybridized carbons (Fsp3) is 0.0476. The molecule has 0 amide bonds. The third-order valence-corrected chi connectivity index (χ3v) is 6.26. The van der Waals surface area contributed by atoms with Crippen molar-refractivity contribution in [3.8, 4) is 16.3 Å². The van der Waals surface area contributed by atoms with Gasteiger partial charge < -0.3 is 4.98 Å². The van der Waals surface area contributed by atoms with E-state index in [4.69, 9.17) is 0 Å². The lowest BCUT2D eigenvalue weighted by atomic mass is 10.2. The zero-order valence-corrected chi connectivity index (χ0v) is 17.1. The number of aromatic amines is 1. The first-order chi connectivity index (χ1) is 14.7. The highest BCUT2D eigenvalue weighted by molar-refractivity contribution is 7.98. The molecule has 0 aliphatic heterocycles. The molecule has 5 rings (SSSR count). The predicted molar refractivity (Wildman–Crippen MR) is 117 cm³/mol. The molecule has 0 atom stereocenters. The molecule has 1 N–H and O–H groups in total. The SMILES string of the molecule is O=c1[nH]c(SCc2csc(-c3ccc(F)cc3)n2)nc2c1cnn2-c1ccccc1. The molecule has 3 aromatic heterocycles. The molecule has 0 saturated heterocycles. The Labute approximate surface area is 178 Å². The molecule has 0 unspecified atom stereocenters. The second-order valence-electron chi connectivity index (χ2n) is 6.44. The number of rotatable bonds is 5. The van der Waals surface area contributed by atoms with Crippen LogP contribution in [0.5, 0.6) is 0 Å². The van der Waals surface area contributed by atoms with Gasteiger partial charge in [0.1, 0.15) is 16.2 Å². The van der Waals surface area contributed by atoms with Crippen molar-refractivity contribution in [2.24, 2.45) is 0 Å². The maximum atomic E-state index is 13.1. The Bertz CT molecular complexity index is 1380. The van der Waals surface area contributed by atoms with E-state index >= 15 is 0 Å². The molecule has 0 saturated carbocycles. The summed E-state index contributed by atoms with van der Waals surface area (Å²) in [7, 11) is 0. The Morgan fingerprint density at radius 2 is 1.87 bits per heavy atom. The fourth-order valence-electron chi connectivity index (χ4n) is 2.97. The van der Waals surface area contributed by atoms with Crippen LogP contribution in [0.25, 0.3) is 27.3 Å². The summed E-state index contributed by atoms with van der Waals surface area (Å²) in [5.41, 5.74) is 2.86. The minimum atomic E-state index is -0.272. The number of aromatic nitrogens is 5. The van der Waals surface area contributed by atoms with Gasteiger partial charge in [-0.15, -0.1) is 11.3 Å². The maximum absolute atomic E-state index is 13.1. The van der Waals surface area contributed by atoms with Crippen molar-refractivity contribution in [2.75, 3.05) is 0 Å². The van der Waals surface area contributed by atoms with Gasteiger partial charge in [0.05, 0.1) is 17.6 Å². The van der Waals surface area contributed by atoms with Crippen molar-refractivity contribution in [1.82, 2.24) is 24.7 Å². The van der Waals surface area contributed by atoms with Crippen LogP contribution in [0.3, 0.4) is 0 Å². The van der Waals surface area contributed by atoms with Gasteiger partial charge in [-0.1, -0.05) is 30.0 Å². The third kappa shape index (κ3) is 3.64. The molecule has 0 aliphatic carbocycles. The van der Waals surface area contributed by atoms with E-state index in [0.29, 0.717) is 21.9 Å². The number of thioether (sulfide) groups is 1. The van der Waals surface area contributed by atoms with Crippen molar-refractivity contribution >= 4 is 34.1 Å². The molecule has 3 heterocycles. The van der Waals surface area contributed by atoms with E-state index in [0.717, 1.165) is 22.0 Å². The number of hydrogen-bond donors (Lipinski definition) is 1. The average Bonchev–Trinajstić information content (AvgIpc) is 3.41. The van der Waals surface area contributed by atoms with Crippen LogP contribution in [-0.4, -0.2) is 24.7 Å². The fourth-order valence-corrected chi connectivity index (χ4v) is 4.65. The molecule has 5 aromatic rings. The third-order valence-electron chi connectivity index (χ3n) is 4.42. The Balaban J connectivity index is 1.40. The summed E-state index contributed by atoms with van der Waals surface area (Å²) in [6.45, 7) is 0. The van der Waals surface area contributed by atoms with Gasteiger partial charge in [0.25, 0.3) is 5.56 Å². The molecule has 2 aromatic carbocycles. The molecule has 30 heavy (non-hydrogen) atoms. The summed E-state index contributed by atoms with van der Waals surface area (Å²) in [5, 5.41) is 8.04. The van der Waals surface area contributed by atoms with Gasteiger partial charge in [0.15, 0.2) is 10.8 Å². The van der Waals surface area contributed by atoms with Crippen LogP contribution in [0.1, 0.15) is 5.69 Å². The molecular weight excluding hydrogens is 421 g/mol. The number of fused-ring (bicyclic) bond motifs is 1. The van der Waals surface area contributed by atoms with Gasteiger partial charge in [-0.05, 0) is 36.4 Å². The second kappa shape index (κ2) is 7.85. The van der Waals surface area contributed by atoms with Crippen LogP contribution >= 0.6 is 23.1 Å². The second-order valence-corrected chi connectivity index (χ2v) is 8.26. The largest absolute Gasteiger partial charge is 0.301 e. The highest BCUT2D eigenvalue weighted by Crippen LogP contribution is 2.27. The molecule has 0 radical (unpaired) electrons. The number of H-pyrrole nitrogens is 1. The molecule has 6 nitrogen and oxygen atoms in total. The normalized spacial score (nSPS) is 11.2. The Kier molecular flexibility index (Phi) is 4.89. The molecule has 0 aliphatic rings. The van der Waals surface area contributed by atoms with Crippen LogP contribution in [0, 0.1) is 5.82 Å². The summed E-state index contributed by atoms with van der Waals surface area (Å²) >= 11 is 2.89. The lowest BCUT2D eigenvalue weighted by Crippen LogP contribution is -2.09. The minimum absolute atomic E-state index is 0.227. The Morgan fingerprint density at radius 1 is 1.07 bits per heavy atom. The first-order valence-corrected chi connectivity index (χ1v) is 10.9. The van der Waals surface area contributed by atoms with E-state index in [1.807, 2.05) is 35.7 Å². The Morgan fingerprint density at radius 3 is 2.67 bits per heavy atom. The minimum Gasteiger partial charge on any atom is -0.301 e. The number of halogens is 1. The topological polar surface area (TPSA) is 76.5 Å². The highest BCUT2D eigenvalue weighted by atomic mass is 32.2. The number of hydrogen-bond acceptors (Lipinski definition) is 6. The average molecular weight is 436 g/mol. The number of benzene rings is 2. The van der Waals surface area contributed by atoms with Crippen molar-refractivity contribution < 1.29 is 4.39 Å². The van der Waals surface area contributed by atoms with E-state index in [-0.39, 0.29) is 11.4 Å². The first kappa shape index (κ1) is 18.7. The van der Waals surface area contributed by atoms with Crippen molar-refractivity contribution in [2.45, 2.75) is 10.9 Å². The molecular formula is C21H14FN5OS2. The van der Waals surface area contributed by atoms with Gasteiger partial charge in [-0.2, -0.15) is 5.10 Å². The van der Waals surface area contributed by atoms with Gasteiger partial charge >= 0.3 is 0 Å². The molecule has 0 spiro atoms. The van der Waals surface area contributed by atoms with Crippen LogP contribution in [0.4, 0.5) is 4.39 Å². The standard InChI is InChI=1S/C21H14FN5OS2/c22-14-8-6-13(7-9-14)20-24-15(11-29-20)12-30-21-25-18-17(19(28)26-21)10-23-27(18)16-4-2-1-3-5-16/h1-11H,12H2,(H,25,26,28). The van der Waals surface area contributed by atoms with Crippen molar-refractivity contribution in [3.05, 3.63) is 88.0 Å². The summed E-state index contributed by atoms with van der Waals surface area (Å²) < 4.78 is 14.8. The number of nitrogens with zero attached hydrogens (tertiary/aromatic N) is 4. The molecule has 0 bridgehead atoms. The number of thiazole rings is 1. The summed E-state index contributed by atoms with van der Waals surface area (Å²) in [6.07, 6.45) is 1.53. The van der Waals surface area contributed by atoms with Gasteiger partial charge in [-0.25, -0.2) is 19.0 Å². The van der Waals surface area contributed by atoms with Crippen LogP contribution in [-0.2, 0) is 5.75 Å².